The van der Waals surface area contributed by atoms with Crippen LogP contribution in [-0.4, -0.2) is 50.1 Å². The highest BCUT2D eigenvalue weighted by Gasteiger charge is 2.27. The summed E-state index contributed by atoms with van der Waals surface area (Å²) in [5.74, 6) is 1.45. The van der Waals surface area contributed by atoms with Gasteiger partial charge in [-0.2, -0.15) is 0 Å². The lowest BCUT2D eigenvalue weighted by molar-refractivity contribution is 0.0792. The number of carbonyl (C=O) groups is 1. The number of benzene rings is 1. The number of methoxy groups -OCH3 is 3. The Morgan fingerprint density at radius 1 is 1.20 bits per heavy atom. The van der Waals surface area contributed by atoms with Crippen LogP contribution in [0.5, 0.6) is 17.2 Å². The summed E-state index contributed by atoms with van der Waals surface area (Å²) in [6, 6.07) is 3.37. The lowest BCUT2D eigenvalue weighted by atomic mass is 10.1. The smallest absolute Gasteiger partial charge is 0.254 e. The first-order valence-corrected chi connectivity index (χ1v) is 7.25. The zero-order valence-corrected chi connectivity index (χ0v) is 13.4. The van der Waals surface area contributed by atoms with E-state index in [0.29, 0.717) is 27.6 Å². The third kappa shape index (κ3) is 2.85. The predicted molar refractivity (Wildman–Crippen MR) is 79.3 cm³/mol. The third-order valence-electron chi connectivity index (χ3n) is 3.33. The van der Waals surface area contributed by atoms with Gasteiger partial charge in [0.05, 0.1) is 21.3 Å². The first kappa shape index (κ1) is 15.0. The third-order valence-corrected chi connectivity index (χ3v) is 4.08. The minimum absolute atomic E-state index is 0.0220. The number of alkyl halides is 1. The standard InChI is InChI=1S/C14H18BrNO4/c1-18-11-6-9(7-12(19-2)13(11)20-3)14(17)16-5-4-10(15)8-16/h6-7,10H,4-5,8H2,1-3H3. The van der Waals surface area contributed by atoms with Gasteiger partial charge in [-0.3, -0.25) is 4.79 Å². The zero-order chi connectivity index (χ0) is 14.7. The number of ether oxygens (including phenoxy) is 3. The molecular formula is C14H18BrNO4. The van der Waals surface area contributed by atoms with Gasteiger partial charge in [0.1, 0.15) is 0 Å². The molecule has 2 rings (SSSR count). The molecule has 1 aliphatic rings. The highest BCUT2D eigenvalue weighted by atomic mass is 79.9. The lowest BCUT2D eigenvalue weighted by Gasteiger charge is -2.18. The molecule has 110 valence electrons. The molecule has 5 nitrogen and oxygen atoms in total. The number of rotatable bonds is 4. The quantitative estimate of drug-likeness (QED) is 0.787. The molecule has 0 radical (unpaired) electrons. The van der Waals surface area contributed by atoms with Crippen LogP contribution in [0.15, 0.2) is 12.1 Å². The molecule has 1 aromatic rings. The summed E-state index contributed by atoms with van der Waals surface area (Å²) in [4.78, 5) is 14.7. The Labute approximate surface area is 126 Å². The van der Waals surface area contributed by atoms with E-state index in [-0.39, 0.29) is 5.91 Å². The maximum atomic E-state index is 12.5. The Bertz CT molecular complexity index is 481. The fraction of sp³-hybridized carbons (Fsp3) is 0.500. The van der Waals surface area contributed by atoms with Crippen LogP contribution in [0.1, 0.15) is 16.8 Å². The molecule has 1 fully saturated rings. The molecule has 1 unspecified atom stereocenters. The van der Waals surface area contributed by atoms with Crippen molar-refractivity contribution >= 4 is 21.8 Å². The van der Waals surface area contributed by atoms with Crippen molar-refractivity contribution in [1.29, 1.82) is 0 Å². The van der Waals surface area contributed by atoms with E-state index in [1.165, 1.54) is 21.3 Å². The number of nitrogens with zero attached hydrogens (tertiary/aromatic N) is 1. The van der Waals surface area contributed by atoms with E-state index in [2.05, 4.69) is 15.9 Å². The molecule has 0 N–H and O–H groups in total. The molecule has 1 saturated heterocycles. The summed E-state index contributed by atoms with van der Waals surface area (Å²) in [5, 5.41) is 0. The van der Waals surface area contributed by atoms with E-state index in [1.807, 2.05) is 4.90 Å². The van der Waals surface area contributed by atoms with Gasteiger partial charge < -0.3 is 19.1 Å². The lowest BCUT2D eigenvalue weighted by Crippen LogP contribution is -2.28. The SMILES string of the molecule is COc1cc(C(=O)N2CCC(Br)C2)cc(OC)c1OC. The predicted octanol–water partition coefficient (Wildman–Crippen LogP) is 2.32. The summed E-state index contributed by atoms with van der Waals surface area (Å²) >= 11 is 3.54. The maximum Gasteiger partial charge on any atom is 0.254 e. The highest BCUT2D eigenvalue weighted by Crippen LogP contribution is 2.38. The number of likely N-dealkylation sites (tertiary alicyclic amines) is 1. The molecule has 1 atom stereocenters. The fourth-order valence-electron chi connectivity index (χ4n) is 2.29. The number of hydrogen-bond donors (Lipinski definition) is 0. The molecule has 6 heteroatoms. The van der Waals surface area contributed by atoms with E-state index in [1.54, 1.807) is 12.1 Å². The van der Waals surface area contributed by atoms with E-state index >= 15 is 0 Å². The Balaban J connectivity index is 2.34. The van der Waals surface area contributed by atoms with Gasteiger partial charge in [0, 0.05) is 23.5 Å². The molecule has 0 aromatic heterocycles. The van der Waals surface area contributed by atoms with Gasteiger partial charge in [-0.1, -0.05) is 15.9 Å². The van der Waals surface area contributed by atoms with E-state index < -0.39 is 0 Å². The summed E-state index contributed by atoms with van der Waals surface area (Å²) in [7, 11) is 4.61. The average molecular weight is 344 g/mol. The zero-order valence-electron chi connectivity index (χ0n) is 11.8. The van der Waals surface area contributed by atoms with Gasteiger partial charge in [-0.05, 0) is 18.6 Å². The van der Waals surface area contributed by atoms with E-state index in [4.69, 9.17) is 14.2 Å². The number of halogens is 1. The number of carbonyl (C=O) groups excluding carboxylic acids is 1. The van der Waals surface area contributed by atoms with E-state index in [0.717, 1.165) is 19.5 Å². The van der Waals surface area contributed by atoms with Crippen LogP contribution in [0.3, 0.4) is 0 Å². The molecule has 0 spiro atoms. The van der Waals surface area contributed by atoms with Crippen LogP contribution >= 0.6 is 15.9 Å². The summed E-state index contributed by atoms with van der Waals surface area (Å²) < 4.78 is 15.8. The molecule has 0 saturated carbocycles. The molecule has 1 heterocycles. The van der Waals surface area contributed by atoms with Crippen molar-refractivity contribution in [3.05, 3.63) is 17.7 Å². The minimum atomic E-state index is -0.0220. The second-order valence-corrected chi connectivity index (χ2v) is 5.85. The number of hydrogen-bond acceptors (Lipinski definition) is 4. The molecular weight excluding hydrogens is 326 g/mol. The highest BCUT2D eigenvalue weighted by molar-refractivity contribution is 9.09. The van der Waals surface area contributed by atoms with Gasteiger partial charge in [0.15, 0.2) is 11.5 Å². The summed E-state index contributed by atoms with van der Waals surface area (Å²) in [6.07, 6.45) is 0.968. The van der Waals surface area contributed by atoms with Gasteiger partial charge in [0.2, 0.25) is 5.75 Å². The first-order chi connectivity index (χ1) is 9.60. The normalized spacial score (nSPS) is 18.0. The minimum Gasteiger partial charge on any atom is -0.493 e. The average Bonchev–Trinajstić information content (AvgIpc) is 2.91. The molecule has 1 aromatic carbocycles. The largest absolute Gasteiger partial charge is 0.493 e. The van der Waals surface area contributed by atoms with Crippen LogP contribution in [-0.2, 0) is 0 Å². The van der Waals surface area contributed by atoms with Crippen LogP contribution in [0.2, 0.25) is 0 Å². The van der Waals surface area contributed by atoms with Crippen LogP contribution in [0, 0.1) is 0 Å². The van der Waals surface area contributed by atoms with Crippen molar-refractivity contribution < 1.29 is 19.0 Å². The van der Waals surface area contributed by atoms with Gasteiger partial charge >= 0.3 is 0 Å². The Kier molecular flexibility index (Phi) is 4.75. The van der Waals surface area contributed by atoms with Crippen LogP contribution < -0.4 is 14.2 Å². The molecule has 1 aliphatic heterocycles. The summed E-state index contributed by atoms with van der Waals surface area (Å²) in [5.41, 5.74) is 0.543. The molecule has 0 aliphatic carbocycles. The van der Waals surface area contributed by atoms with Gasteiger partial charge in [0.25, 0.3) is 5.91 Å². The van der Waals surface area contributed by atoms with Crippen molar-refractivity contribution in [3.8, 4) is 17.2 Å². The van der Waals surface area contributed by atoms with Crippen LogP contribution in [0.4, 0.5) is 0 Å². The second kappa shape index (κ2) is 6.35. The van der Waals surface area contributed by atoms with Crippen molar-refractivity contribution in [1.82, 2.24) is 4.90 Å². The van der Waals surface area contributed by atoms with Crippen molar-refractivity contribution in [2.75, 3.05) is 34.4 Å². The Morgan fingerprint density at radius 3 is 2.20 bits per heavy atom. The van der Waals surface area contributed by atoms with Crippen molar-refractivity contribution in [2.45, 2.75) is 11.2 Å². The molecule has 20 heavy (non-hydrogen) atoms. The number of amides is 1. The molecule has 1 amide bonds. The van der Waals surface area contributed by atoms with Gasteiger partial charge in [-0.25, -0.2) is 0 Å². The van der Waals surface area contributed by atoms with E-state index in [9.17, 15) is 4.79 Å². The van der Waals surface area contributed by atoms with Crippen molar-refractivity contribution in [3.63, 3.8) is 0 Å². The fourth-order valence-corrected chi connectivity index (χ4v) is 2.84. The Hall–Kier alpha value is -1.43. The Morgan fingerprint density at radius 2 is 1.80 bits per heavy atom. The monoisotopic (exact) mass is 343 g/mol. The second-order valence-electron chi connectivity index (χ2n) is 4.55. The van der Waals surface area contributed by atoms with Crippen molar-refractivity contribution in [2.24, 2.45) is 0 Å². The van der Waals surface area contributed by atoms with Crippen LogP contribution in [0.25, 0.3) is 0 Å². The topological polar surface area (TPSA) is 48.0 Å². The maximum absolute atomic E-state index is 12.5. The molecule has 0 bridgehead atoms. The first-order valence-electron chi connectivity index (χ1n) is 6.34. The summed E-state index contributed by atoms with van der Waals surface area (Å²) in [6.45, 7) is 1.47. The van der Waals surface area contributed by atoms with Gasteiger partial charge in [-0.15, -0.1) is 0 Å².